The third-order valence-electron chi connectivity index (χ3n) is 4.29. The molecule has 0 radical (unpaired) electrons. The van der Waals surface area contributed by atoms with E-state index in [1.807, 2.05) is 0 Å². The quantitative estimate of drug-likeness (QED) is 0.778. The summed E-state index contributed by atoms with van der Waals surface area (Å²) in [6, 6.07) is 6.53. The van der Waals surface area contributed by atoms with Gasteiger partial charge in [0, 0.05) is 10.9 Å². The van der Waals surface area contributed by atoms with Gasteiger partial charge in [-0.25, -0.2) is 8.42 Å². The first kappa shape index (κ1) is 19.3. The van der Waals surface area contributed by atoms with Gasteiger partial charge in [-0.3, -0.25) is 10.1 Å². The van der Waals surface area contributed by atoms with E-state index in [1.54, 1.807) is 24.3 Å². The zero-order valence-corrected chi connectivity index (χ0v) is 16.5. The summed E-state index contributed by atoms with van der Waals surface area (Å²) < 4.78 is 24.4. The smallest absolute Gasteiger partial charge is 0.241 e. The van der Waals surface area contributed by atoms with E-state index in [0.29, 0.717) is 21.6 Å². The monoisotopic (exact) mass is 413 g/mol. The predicted molar refractivity (Wildman–Crippen MR) is 103 cm³/mol. The van der Waals surface area contributed by atoms with Crippen molar-refractivity contribution in [2.24, 2.45) is 0 Å². The minimum absolute atomic E-state index is 0.207. The Balaban J connectivity index is 1.56. The molecular weight excluding hydrogens is 394 g/mol. The lowest BCUT2D eigenvalue weighted by Gasteiger charge is -2.18. The van der Waals surface area contributed by atoms with Crippen LogP contribution in [0.25, 0.3) is 0 Å². The molecule has 6 nitrogen and oxygen atoms in total. The molecule has 1 fully saturated rings. The van der Waals surface area contributed by atoms with E-state index in [-0.39, 0.29) is 5.75 Å². The summed E-state index contributed by atoms with van der Waals surface area (Å²) in [4.78, 5) is 12.1. The Morgan fingerprint density at radius 1 is 1.15 bits per heavy atom. The van der Waals surface area contributed by atoms with Crippen LogP contribution in [0.4, 0.5) is 5.13 Å². The third kappa shape index (κ3) is 5.49. The zero-order valence-electron chi connectivity index (χ0n) is 14.2. The molecule has 2 aromatic rings. The van der Waals surface area contributed by atoms with E-state index >= 15 is 0 Å². The van der Waals surface area contributed by atoms with Crippen molar-refractivity contribution in [2.45, 2.75) is 43.8 Å². The highest BCUT2D eigenvalue weighted by Gasteiger charge is 2.22. The Hall–Kier alpha value is -1.51. The van der Waals surface area contributed by atoms with Gasteiger partial charge in [0.1, 0.15) is 10.8 Å². The minimum atomic E-state index is -3.58. The van der Waals surface area contributed by atoms with Crippen LogP contribution in [0.15, 0.2) is 24.3 Å². The number of nitrogens with one attached hydrogen (secondary N) is 1. The van der Waals surface area contributed by atoms with Crippen LogP contribution in [0.2, 0.25) is 5.02 Å². The number of nitrogens with zero attached hydrogens (tertiary/aromatic N) is 2. The maximum Gasteiger partial charge on any atom is 0.241 e. The molecule has 1 aliphatic rings. The number of carbonyl (C=O) groups is 1. The van der Waals surface area contributed by atoms with Gasteiger partial charge >= 0.3 is 0 Å². The number of amides is 1. The Kier molecular flexibility index (Phi) is 6.26. The van der Waals surface area contributed by atoms with Crippen molar-refractivity contribution < 1.29 is 13.2 Å². The van der Waals surface area contributed by atoms with Crippen LogP contribution in [0, 0.1) is 0 Å². The molecule has 0 bridgehead atoms. The Bertz CT molecular complexity index is 860. The molecule has 1 aliphatic carbocycles. The van der Waals surface area contributed by atoms with E-state index in [4.69, 9.17) is 11.6 Å². The maximum absolute atomic E-state index is 12.2. The summed E-state index contributed by atoms with van der Waals surface area (Å²) in [5.74, 6) is -0.986. The average Bonchev–Trinajstić information content (AvgIpc) is 3.05. The lowest BCUT2D eigenvalue weighted by molar-refractivity contribution is -0.113. The number of carbonyl (C=O) groups excluding carboxylic acids is 1. The van der Waals surface area contributed by atoms with Gasteiger partial charge in [0.15, 0.2) is 9.84 Å². The molecule has 1 amide bonds. The second kappa shape index (κ2) is 8.45. The molecule has 3 rings (SSSR count). The van der Waals surface area contributed by atoms with Crippen LogP contribution < -0.4 is 5.32 Å². The molecule has 0 spiro atoms. The van der Waals surface area contributed by atoms with Gasteiger partial charge in [-0.2, -0.15) is 0 Å². The SMILES string of the molecule is O=C(CS(=O)(=O)Cc1ccc(Cl)cc1)Nc1nnc(C2CCCCC2)s1. The molecule has 0 unspecified atom stereocenters. The third-order valence-corrected chi connectivity index (χ3v) is 7.02. The second-order valence-corrected chi connectivity index (χ2v) is 10.00. The van der Waals surface area contributed by atoms with Crippen LogP contribution in [0.5, 0.6) is 0 Å². The molecule has 0 saturated heterocycles. The summed E-state index contributed by atoms with van der Waals surface area (Å²) in [6.45, 7) is 0. The van der Waals surface area contributed by atoms with Gasteiger partial charge in [-0.05, 0) is 30.5 Å². The number of anilines is 1. The largest absolute Gasteiger partial charge is 0.300 e. The standard InChI is InChI=1S/C17H20ClN3O3S2/c18-14-8-6-12(7-9-14)10-26(23,24)11-15(22)19-17-21-20-16(25-17)13-4-2-1-3-5-13/h6-9,13H,1-5,10-11H2,(H,19,21,22). The van der Waals surface area contributed by atoms with Crippen LogP contribution in [-0.2, 0) is 20.4 Å². The molecule has 1 saturated carbocycles. The van der Waals surface area contributed by atoms with Crippen LogP contribution in [-0.4, -0.2) is 30.3 Å². The van der Waals surface area contributed by atoms with Gasteiger partial charge in [-0.1, -0.05) is 54.3 Å². The molecule has 0 atom stereocenters. The van der Waals surface area contributed by atoms with E-state index in [2.05, 4.69) is 15.5 Å². The molecule has 0 aliphatic heterocycles. The summed E-state index contributed by atoms with van der Waals surface area (Å²) in [6.07, 6.45) is 5.82. The van der Waals surface area contributed by atoms with E-state index in [1.165, 1.54) is 30.6 Å². The molecule has 9 heteroatoms. The lowest BCUT2D eigenvalue weighted by Crippen LogP contribution is -2.23. The number of halogens is 1. The number of aromatic nitrogens is 2. The average molecular weight is 414 g/mol. The van der Waals surface area contributed by atoms with Crippen molar-refractivity contribution in [2.75, 3.05) is 11.1 Å². The Morgan fingerprint density at radius 3 is 2.54 bits per heavy atom. The number of rotatable bonds is 6. The summed E-state index contributed by atoms with van der Waals surface area (Å²) in [7, 11) is -3.58. The van der Waals surface area contributed by atoms with E-state index < -0.39 is 21.5 Å². The molecule has 1 N–H and O–H groups in total. The van der Waals surface area contributed by atoms with E-state index in [0.717, 1.165) is 17.8 Å². The highest BCUT2D eigenvalue weighted by Crippen LogP contribution is 2.35. The summed E-state index contributed by atoms with van der Waals surface area (Å²) in [5.41, 5.74) is 0.595. The fraction of sp³-hybridized carbons (Fsp3) is 0.471. The van der Waals surface area contributed by atoms with Crippen LogP contribution >= 0.6 is 22.9 Å². The van der Waals surface area contributed by atoms with Crippen LogP contribution in [0.1, 0.15) is 48.6 Å². The zero-order chi connectivity index (χ0) is 18.6. The molecule has 1 heterocycles. The fourth-order valence-corrected chi connectivity index (χ4v) is 5.37. The second-order valence-electron chi connectivity index (χ2n) is 6.49. The van der Waals surface area contributed by atoms with Crippen molar-refractivity contribution in [3.05, 3.63) is 39.9 Å². The number of hydrogen-bond acceptors (Lipinski definition) is 6. The predicted octanol–water partition coefficient (Wildman–Crippen LogP) is 3.79. The van der Waals surface area contributed by atoms with Crippen molar-refractivity contribution in [3.63, 3.8) is 0 Å². The number of hydrogen-bond donors (Lipinski definition) is 1. The van der Waals surface area contributed by atoms with Gasteiger partial charge in [0.25, 0.3) is 0 Å². The first-order chi connectivity index (χ1) is 12.4. The number of benzene rings is 1. The molecule has 1 aromatic heterocycles. The first-order valence-corrected chi connectivity index (χ1v) is 11.5. The molecular formula is C17H20ClN3O3S2. The first-order valence-electron chi connectivity index (χ1n) is 8.49. The Labute approximate surface area is 161 Å². The van der Waals surface area contributed by atoms with Gasteiger partial charge in [0.2, 0.25) is 11.0 Å². The number of sulfone groups is 1. The van der Waals surface area contributed by atoms with Gasteiger partial charge in [-0.15, -0.1) is 10.2 Å². The van der Waals surface area contributed by atoms with Crippen molar-refractivity contribution in [3.8, 4) is 0 Å². The van der Waals surface area contributed by atoms with Crippen LogP contribution in [0.3, 0.4) is 0 Å². The molecule has 26 heavy (non-hydrogen) atoms. The van der Waals surface area contributed by atoms with Gasteiger partial charge < -0.3 is 0 Å². The fourth-order valence-electron chi connectivity index (χ4n) is 3.04. The normalized spacial score (nSPS) is 15.7. The maximum atomic E-state index is 12.2. The summed E-state index contributed by atoms with van der Waals surface area (Å²) in [5, 5.41) is 12.5. The van der Waals surface area contributed by atoms with Gasteiger partial charge in [0.05, 0.1) is 5.75 Å². The van der Waals surface area contributed by atoms with Crippen molar-refractivity contribution in [1.29, 1.82) is 0 Å². The van der Waals surface area contributed by atoms with Crippen molar-refractivity contribution >= 4 is 43.8 Å². The molecule has 140 valence electrons. The summed E-state index contributed by atoms with van der Waals surface area (Å²) >= 11 is 7.13. The van der Waals surface area contributed by atoms with E-state index in [9.17, 15) is 13.2 Å². The minimum Gasteiger partial charge on any atom is -0.300 e. The highest BCUT2D eigenvalue weighted by atomic mass is 35.5. The highest BCUT2D eigenvalue weighted by molar-refractivity contribution is 7.91. The topological polar surface area (TPSA) is 89.0 Å². The van der Waals surface area contributed by atoms with Crippen molar-refractivity contribution in [1.82, 2.24) is 10.2 Å². The lowest BCUT2D eigenvalue weighted by atomic mass is 9.90. The molecule has 1 aromatic carbocycles. The Morgan fingerprint density at radius 2 is 1.85 bits per heavy atom.